The van der Waals surface area contributed by atoms with Crippen LogP contribution < -0.4 is 0 Å². The molecule has 2 rings (SSSR count). The van der Waals surface area contributed by atoms with Crippen LogP contribution in [0.3, 0.4) is 0 Å². The molecule has 19 heavy (non-hydrogen) atoms. The Balaban J connectivity index is 1.96. The van der Waals surface area contributed by atoms with Crippen molar-refractivity contribution >= 4 is 26.0 Å². The molecule has 1 aliphatic heterocycles. The fourth-order valence-electron chi connectivity index (χ4n) is 2.33. The first-order chi connectivity index (χ1) is 8.95. The summed E-state index contributed by atoms with van der Waals surface area (Å²) in [5.41, 5.74) is 1.25. The van der Waals surface area contributed by atoms with Gasteiger partial charge in [0.2, 0.25) is 10.0 Å². The average molecular weight is 347 g/mol. The molecule has 0 spiro atoms. The van der Waals surface area contributed by atoms with Crippen LogP contribution in [0.4, 0.5) is 0 Å². The monoisotopic (exact) mass is 346 g/mol. The number of hydrogen-bond donors (Lipinski definition) is 0. The minimum absolute atomic E-state index is 0.590. The molecule has 0 atom stereocenters. The van der Waals surface area contributed by atoms with Gasteiger partial charge in [-0.15, -0.1) is 0 Å². The van der Waals surface area contributed by atoms with Crippen LogP contribution in [0.5, 0.6) is 0 Å². The van der Waals surface area contributed by atoms with Crippen molar-refractivity contribution in [2.24, 2.45) is 0 Å². The summed E-state index contributed by atoms with van der Waals surface area (Å²) in [7, 11) is -3.05. The van der Waals surface area contributed by atoms with Crippen molar-refractivity contribution in [3.05, 3.63) is 34.3 Å². The molecule has 1 aromatic carbocycles. The molecule has 1 aromatic rings. The van der Waals surface area contributed by atoms with Crippen LogP contribution in [0, 0.1) is 0 Å². The maximum Gasteiger partial charge on any atom is 0.211 e. The van der Waals surface area contributed by atoms with Gasteiger partial charge < -0.3 is 0 Å². The van der Waals surface area contributed by atoms with Gasteiger partial charge in [-0.1, -0.05) is 28.1 Å². The standard InChI is InChI=1S/C13H19BrN2O2S/c1-19(17,18)16-7-3-6-15(8-9-16)11-12-4-2-5-13(14)10-12/h2,4-5,10H,3,6-9,11H2,1H3. The van der Waals surface area contributed by atoms with E-state index in [4.69, 9.17) is 0 Å². The van der Waals surface area contributed by atoms with E-state index in [1.54, 1.807) is 4.31 Å². The van der Waals surface area contributed by atoms with Crippen molar-refractivity contribution in [1.82, 2.24) is 9.21 Å². The van der Waals surface area contributed by atoms with Gasteiger partial charge in [0.1, 0.15) is 0 Å². The normalized spacial score (nSPS) is 19.3. The van der Waals surface area contributed by atoms with E-state index in [1.807, 2.05) is 12.1 Å². The Morgan fingerprint density at radius 2 is 2.00 bits per heavy atom. The molecule has 0 aromatic heterocycles. The molecule has 0 aliphatic carbocycles. The van der Waals surface area contributed by atoms with Gasteiger partial charge in [-0.25, -0.2) is 12.7 Å². The maximum atomic E-state index is 11.5. The largest absolute Gasteiger partial charge is 0.298 e. The Bertz CT molecular complexity index is 533. The predicted octanol–water partition coefficient (Wildman–Crippen LogP) is 1.92. The Morgan fingerprint density at radius 1 is 1.21 bits per heavy atom. The van der Waals surface area contributed by atoms with Crippen LogP contribution in [0.25, 0.3) is 0 Å². The van der Waals surface area contributed by atoms with Gasteiger partial charge >= 0.3 is 0 Å². The molecule has 4 nitrogen and oxygen atoms in total. The van der Waals surface area contributed by atoms with E-state index in [0.29, 0.717) is 13.1 Å². The van der Waals surface area contributed by atoms with E-state index in [1.165, 1.54) is 11.8 Å². The van der Waals surface area contributed by atoms with Gasteiger partial charge in [0.25, 0.3) is 0 Å². The highest BCUT2D eigenvalue weighted by atomic mass is 79.9. The lowest BCUT2D eigenvalue weighted by Crippen LogP contribution is -2.34. The predicted molar refractivity (Wildman–Crippen MR) is 80.5 cm³/mol. The minimum atomic E-state index is -3.05. The third-order valence-electron chi connectivity index (χ3n) is 3.31. The molecular weight excluding hydrogens is 328 g/mol. The summed E-state index contributed by atoms with van der Waals surface area (Å²) in [6.07, 6.45) is 2.18. The molecule has 0 radical (unpaired) electrons. The van der Waals surface area contributed by atoms with Gasteiger partial charge in [0.05, 0.1) is 6.26 Å². The van der Waals surface area contributed by atoms with Gasteiger partial charge in [-0.2, -0.15) is 0 Å². The summed E-state index contributed by atoms with van der Waals surface area (Å²) >= 11 is 3.47. The van der Waals surface area contributed by atoms with Crippen molar-refractivity contribution in [3.8, 4) is 0 Å². The van der Waals surface area contributed by atoms with Crippen molar-refractivity contribution in [1.29, 1.82) is 0 Å². The highest BCUT2D eigenvalue weighted by Crippen LogP contribution is 2.15. The number of nitrogens with zero attached hydrogens (tertiary/aromatic N) is 2. The van der Waals surface area contributed by atoms with Crippen molar-refractivity contribution in [2.45, 2.75) is 13.0 Å². The van der Waals surface area contributed by atoms with E-state index in [0.717, 1.165) is 30.5 Å². The summed E-state index contributed by atoms with van der Waals surface area (Å²) in [6.45, 7) is 3.83. The Kier molecular flexibility index (Phi) is 5.00. The number of benzene rings is 1. The summed E-state index contributed by atoms with van der Waals surface area (Å²) < 4.78 is 25.8. The number of halogens is 1. The minimum Gasteiger partial charge on any atom is -0.298 e. The Labute approximate surface area is 123 Å². The SMILES string of the molecule is CS(=O)(=O)N1CCCN(Cc2cccc(Br)c2)CC1. The second-order valence-electron chi connectivity index (χ2n) is 4.92. The van der Waals surface area contributed by atoms with Gasteiger partial charge in [0, 0.05) is 30.7 Å². The molecule has 1 heterocycles. The average Bonchev–Trinajstić information content (AvgIpc) is 2.54. The van der Waals surface area contributed by atoms with Crippen LogP contribution in [-0.2, 0) is 16.6 Å². The third kappa shape index (κ3) is 4.56. The van der Waals surface area contributed by atoms with Gasteiger partial charge in [0.15, 0.2) is 0 Å². The van der Waals surface area contributed by atoms with Crippen LogP contribution in [0.1, 0.15) is 12.0 Å². The molecular formula is C13H19BrN2O2S. The fourth-order valence-corrected chi connectivity index (χ4v) is 3.65. The quantitative estimate of drug-likeness (QED) is 0.839. The second-order valence-corrected chi connectivity index (χ2v) is 7.82. The van der Waals surface area contributed by atoms with E-state index in [9.17, 15) is 8.42 Å². The first-order valence-electron chi connectivity index (χ1n) is 6.37. The zero-order valence-electron chi connectivity index (χ0n) is 11.0. The summed E-state index contributed by atoms with van der Waals surface area (Å²) in [6, 6.07) is 8.25. The smallest absolute Gasteiger partial charge is 0.211 e. The molecule has 0 amide bonds. The third-order valence-corrected chi connectivity index (χ3v) is 5.11. The Hall–Kier alpha value is -0.430. The van der Waals surface area contributed by atoms with Crippen molar-refractivity contribution < 1.29 is 8.42 Å². The van der Waals surface area contributed by atoms with E-state index >= 15 is 0 Å². The first-order valence-corrected chi connectivity index (χ1v) is 9.01. The Morgan fingerprint density at radius 3 is 2.68 bits per heavy atom. The molecule has 0 N–H and O–H groups in total. The van der Waals surface area contributed by atoms with E-state index in [-0.39, 0.29) is 0 Å². The molecule has 1 fully saturated rings. The summed E-state index contributed by atoms with van der Waals surface area (Å²) in [5.74, 6) is 0. The maximum absolute atomic E-state index is 11.5. The highest BCUT2D eigenvalue weighted by molar-refractivity contribution is 9.10. The zero-order valence-corrected chi connectivity index (χ0v) is 13.5. The van der Waals surface area contributed by atoms with Crippen LogP contribution in [-0.4, -0.2) is 50.1 Å². The topological polar surface area (TPSA) is 40.6 Å². The fraction of sp³-hybridized carbons (Fsp3) is 0.538. The van der Waals surface area contributed by atoms with Crippen LogP contribution in [0.2, 0.25) is 0 Å². The highest BCUT2D eigenvalue weighted by Gasteiger charge is 2.21. The number of hydrogen-bond acceptors (Lipinski definition) is 3. The molecule has 0 unspecified atom stereocenters. The van der Waals surface area contributed by atoms with Crippen molar-refractivity contribution in [3.63, 3.8) is 0 Å². The molecule has 106 valence electrons. The molecule has 0 saturated carbocycles. The molecule has 0 bridgehead atoms. The van der Waals surface area contributed by atoms with Crippen molar-refractivity contribution in [2.75, 3.05) is 32.4 Å². The molecule has 1 saturated heterocycles. The summed E-state index contributed by atoms with van der Waals surface area (Å²) in [4.78, 5) is 2.31. The lowest BCUT2D eigenvalue weighted by atomic mass is 10.2. The lowest BCUT2D eigenvalue weighted by Gasteiger charge is -2.20. The summed E-state index contributed by atoms with van der Waals surface area (Å²) in [5, 5.41) is 0. The lowest BCUT2D eigenvalue weighted by molar-refractivity contribution is 0.279. The van der Waals surface area contributed by atoms with Gasteiger partial charge in [-0.05, 0) is 30.7 Å². The van der Waals surface area contributed by atoms with E-state index in [2.05, 4.69) is 33.0 Å². The second kappa shape index (κ2) is 6.35. The first kappa shape index (κ1) is 15.0. The number of rotatable bonds is 3. The van der Waals surface area contributed by atoms with Crippen LogP contribution in [0.15, 0.2) is 28.7 Å². The van der Waals surface area contributed by atoms with Gasteiger partial charge in [-0.3, -0.25) is 4.90 Å². The van der Waals surface area contributed by atoms with Crippen LogP contribution >= 0.6 is 15.9 Å². The zero-order chi connectivity index (χ0) is 13.9. The number of sulfonamides is 1. The molecule has 1 aliphatic rings. The molecule has 6 heteroatoms. The van der Waals surface area contributed by atoms with E-state index < -0.39 is 10.0 Å².